The molecule has 0 atom stereocenters. The van der Waals surface area contributed by atoms with E-state index in [4.69, 9.17) is 25.5 Å². The Morgan fingerprint density at radius 1 is 1.23 bits per heavy atom. The number of pyridine rings is 1. The molecule has 6 nitrogen and oxygen atoms in total. The molecular formula is C7H8N2O4. The first-order chi connectivity index (χ1) is 6.04. The van der Waals surface area contributed by atoms with Gasteiger partial charge in [0, 0.05) is 6.20 Å². The molecule has 0 amide bonds. The number of nitrogens with two attached hydrogens (primary N) is 1. The molecule has 0 fully saturated rings. The Hall–Kier alpha value is -2.11. The summed E-state index contributed by atoms with van der Waals surface area (Å²) in [5.41, 5.74) is 5.25. The van der Waals surface area contributed by atoms with Crippen LogP contribution < -0.4 is 5.73 Å². The lowest BCUT2D eigenvalue weighted by atomic mass is 10.5. The highest BCUT2D eigenvalue weighted by atomic mass is 16.4. The van der Waals surface area contributed by atoms with Crippen molar-refractivity contribution >= 4 is 17.8 Å². The minimum Gasteiger partial charge on any atom is -0.473 e. The zero-order chi connectivity index (χ0) is 10.3. The van der Waals surface area contributed by atoms with E-state index < -0.39 is 11.9 Å². The first kappa shape index (κ1) is 10.9. The van der Waals surface area contributed by atoms with Crippen LogP contribution in [0.15, 0.2) is 24.4 Å². The van der Waals surface area contributed by atoms with Crippen LogP contribution in [0.3, 0.4) is 0 Å². The lowest BCUT2D eigenvalue weighted by molar-refractivity contribution is -0.159. The van der Waals surface area contributed by atoms with Crippen LogP contribution in [0.5, 0.6) is 0 Å². The quantitative estimate of drug-likeness (QED) is 0.482. The van der Waals surface area contributed by atoms with Gasteiger partial charge in [0.25, 0.3) is 0 Å². The SMILES string of the molecule is Nc1ccccn1.O=C(O)C(=O)O. The number of hydrogen-bond donors (Lipinski definition) is 3. The van der Waals surface area contributed by atoms with E-state index in [1.165, 1.54) is 0 Å². The van der Waals surface area contributed by atoms with Gasteiger partial charge in [0.1, 0.15) is 5.82 Å². The first-order valence-electron chi connectivity index (χ1n) is 3.16. The normalized spacial score (nSPS) is 8.00. The minimum absolute atomic E-state index is 0.572. The van der Waals surface area contributed by atoms with Crippen LogP contribution in [-0.4, -0.2) is 27.1 Å². The van der Waals surface area contributed by atoms with Crippen molar-refractivity contribution in [3.63, 3.8) is 0 Å². The number of aromatic nitrogens is 1. The number of carboxylic acid groups (broad SMARTS) is 2. The lowest BCUT2D eigenvalue weighted by Crippen LogP contribution is -2.09. The average Bonchev–Trinajstić information content (AvgIpc) is 2.06. The van der Waals surface area contributed by atoms with E-state index in [0.29, 0.717) is 5.82 Å². The standard InChI is InChI=1S/C5H6N2.C2H2O4/c6-5-3-1-2-4-7-5;3-1(4)2(5)6/h1-4H,(H2,6,7);(H,3,4)(H,5,6). The van der Waals surface area contributed by atoms with Crippen molar-refractivity contribution in [2.75, 3.05) is 5.73 Å². The van der Waals surface area contributed by atoms with Gasteiger partial charge in [-0.15, -0.1) is 0 Å². The summed E-state index contributed by atoms with van der Waals surface area (Å²) in [6.45, 7) is 0. The maximum absolute atomic E-state index is 9.10. The van der Waals surface area contributed by atoms with E-state index in [-0.39, 0.29) is 0 Å². The summed E-state index contributed by atoms with van der Waals surface area (Å²) >= 11 is 0. The lowest BCUT2D eigenvalue weighted by Gasteiger charge is -1.82. The molecule has 0 radical (unpaired) electrons. The molecule has 6 heteroatoms. The number of carbonyl (C=O) groups is 2. The Kier molecular flexibility index (Phi) is 4.63. The molecule has 0 aromatic carbocycles. The number of carboxylic acids is 2. The molecule has 0 aliphatic carbocycles. The molecule has 1 heterocycles. The number of nitrogen functional groups attached to an aromatic ring is 1. The van der Waals surface area contributed by atoms with Crippen LogP contribution in [0, 0.1) is 0 Å². The molecule has 0 saturated heterocycles. The van der Waals surface area contributed by atoms with Crippen molar-refractivity contribution < 1.29 is 19.8 Å². The molecular weight excluding hydrogens is 176 g/mol. The van der Waals surface area contributed by atoms with Gasteiger partial charge >= 0.3 is 11.9 Å². The molecule has 1 rings (SSSR count). The van der Waals surface area contributed by atoms with Gasteiger partial charge in [-0.25, -0.2) is 14.6 Å². The van der Waals surface area contributed by atoms with E-state index in [1.54, 1.807) is 12.3 Å². The first-order valence-corrected chi connectivity index (χ1v) is 3.16. The molecule has 0 saturated carbocycles. The van der Waals surface area contributed by atoms with Crippen LogP contribution >= 0.6 is 0 Å². The molecule has 0 aliphatic heterocycles. The monoisotopic (exact) mass is 184 g/mol. The summed E-state index contributed by atoms with van der Waals surface area (Å²) < 4.78 is 0. The molecule has 4 N–H and O–H groups in total. The zero-order valence-corrected chi connectivity index (χ0v) is 6.54. The van der Waals surface area contributed by atoms with E-state index in [1.807, 2.05) is 12.1 Å². The predicted octanol–water partition coefficient (Wildman–Crippen LogP) is -0.181. The van der Waals surface area contributed by atoms with Gasteiger partial charge < -0.3 is 15.9 Å². The molecule has 0 unspecified atom stereocenters. The van der Waals surface area contributed by atoms with Crippen molar-refractivity contribution in [3.8, 4) is 0 Å². The number of hydrogen-bond acceptors (Lipinski definition) is 4. The summed E-state index contributed by atoms with van der Waals surface area (Å²) in [5, 5.41) is 14.8. The minimum atomic E-state index is -1.82. The van der Waals surface area contributed by atoms with Gasteiger partial charge in [0.15, 0.2) is 0 Å². The fourth-order valence-electron chi connectivity index (χ4n) is 0.376. The van der Waals surface area contributed by atoms with Gasteiger partial charge in [-0.05, 0) is 12.1 Å². The van der Waals surface area contributed by atoms with Crippen molar-refractivity contribution in [2.45, 2.75) is 0 Å². The average molecular weight is 184 g/mol. The van der Waals surface area contributed by atoms with E-state index in [9.17, 15) is 0 Å². The van der Waals surface area contributed by atoms with Crippen LogP contribution in [0.1, 0.15) is 0 Å². The smallest absolute Gasteiger partial charge is 0.414 e. The van der Waals surface area contributed by atoms with Crippen LogP contribution in [0.25, 0.3) is 0 Å². The van der Waals surface area contributed by atoms with Crippen molar-refractivity contribution in [1.82, 2.24) is 4.98 Å². The summed E-state index contributed by atoms with van der Waals surface area (Å²) in [5.74, 6) is -3.08. The second-order valence-electron chi connectivity index (χ2n) is 1.86. The summed E-state index contributed by atoms with van der Waals surface area (Å²) in [7, 11) is 0. The Bertz CT molecular complexity index is 274. The molecule has 70 valence electrons. The molecule has 0 bridgehead atoms. The number of nitrogens with zero attached hydrogens (tertiary/aromatic N) is 1. The van der Waals surface area contributed by atoms with Crippen molar-refractivity contribution in [1.29, 1.82) is 0 Å². The maximum atomic E-state index is 9.10. The van der Waals surface area contributed by atoms with Gasteiger partial charge in [0.05, 0.1) is 0 Å². The van der Waals surface area contributed by atoms with Crippen LogP contribution in [0.2, 0.25) is 0 Å². The molecule has 1 aromatic heterocycles. The third-order valence-corrected chi connectivity index (χ3v) is 0.871. The highest BCUT2D eigenvalue weighted by Gasteiger charge is 2.04. The van der Waals surface area contributed by atoms with Crippen LogP contribution in [-0.2, 0) is 9.59 Å². The fourth-order valence-corrected chi connectivity index (χ4v) is 0.376. The fraction of sp³-hybridized carbons (Fsp3) is 0. The van der Waals surface area contributed by atoms with Crippen molar-refractivity contribution in [3.05, 3.63) is 24.4 Å². The summed E-state index contributed by atoms with van der Waals surface area (Å²) in [6, 6.07) is 5.43. The van der Waals surface area contributed by atoms with Crippen molar-refractivity contribution in [2.24, 2.45) is 0 Å². The highest BCUT2D eigenvalue weighted by Crippen LogP contribution is 1.89. The molecule has 0 aliphatic rings. The number of anilines is 1. The third kappa shape index (κ3) is 6.29. The topological polar surface area (TPSA) is 114 Å². The number of aliphatic carboxylic acids is 2. The van der Waals surface area contributed by atoms with E-state index in [0.717, 1.165) is 0 Å². The van der Waals surface area contributed by atoms with E-state index >= 15 is 0 Å². The van der Waals surface area contributed by atoms with Gasteiger partial charge in [0.2, 0.25) is 0 Å². The molecule has 1 aromatic rings. The maximum Gasteiger partial charge on any atom is 0.414 e. The Labute approximate surface area is 73.6 Å². The van der Waals surface area contributed by atoms with Crippen LogP contribution in [0.4, 0.5) is 5.82 Å². The van der Waals surface area contributed by atoms with Gasteiger partial charge in [-0.3, -0.25) is 0 Å². The molecule has 13 heavy (non-hydrogen) atoms. The third-order valence-electron chi connectivity index (χ3n) is 0.871. The van der Waals surface area contributed by atoms with Gasteiger partial charge in [-0.1, -0.05) is 6.07 Å². The summed E-state index contributed by atoms with van der Waals surface area (Å²) in [4.78, 5) is 22.0. The Morgan fingerprint density at radius 3 is 1.92 bits per heavy atom. The van der Waals surface area contributed by atoms with E-state index in [2.05, 4.69) is 4.98 Å². The van der Waals surface area contributed by atoms with Gasteiger partial charge in [-0.2, -0.15) is 0 Å². The molecule has 0 spiro atoms. The largest absolute Gasteiger partial charge is 0.473 e. The summed E-state index contributed by atoms with van der Waals surface area (Å²) in [6.07, 6.45) is 1.66. The number of rotatable bonds is 0. The second-order valence-corrected chi connectivity index (χ2v) is 1.86. The zero-order valence-electron chi connectivity index (χ0n) is 6.54. The Morgan fingerprint density at radius 2 is 1.77 bits per heavy atom. The highest BCUT2D eigenvalue weighted by molar-refractivity contribution is 6.27. The Balaban J connectivity index is 0.000000226. The predicted molar refractivity (Wildman–Crippen MR) is 43.9 cm³/mol. The second kappa shape index (κ2) is 5.53.